The van der Waals surface area contributed by atoms with E-state index in [1.54, 1.807) is 14.0 Å². The van der Waals surface area contributed by atoms with Gasteiger partial charge in [0.2, 0.25) is 0 Å². The van der Waals surface area contributed by atoms with Crippen LogP contribution in [0.5, 0.6) is 5.75 Å². The van der Waals surface area contributed by atoms with Crippen LogP contribution in [0.2, 0.25) is 10.0 Å². The smallest absolute Gasteiger partial charge is 0.260 e. The molecule has 1 rings (SSSR count). The average molecular weight is 307 g/mol. The average Bonchev–Trinajstić information content (AvgIpc) is 2.36. The highest BCUT2D eigenvalue weighted by atomic mass is 35.5. The predicted molar refractivity (Wildman–Crippen MR) is 75.9 cm³/mol. The van der Waals surface area contributed by atoms with Gasteiger partial charge in [-0.2, -0.15) is 0 Å². The van der Waals surface area contributed by atoms with E-state index in [1.807, 2.05) is 0 Å². The number of carbonyl (C=O) groups is 1. The van der Waals surface area contributed by atoms with Crippen molar-refractivity contribution in [2.45, 2.75) is 13.0 Å². The number of nitrogens with one attached hydrogen (secondary N) is 1. The number of methoxy groups -OCH3 is 1. The summed E-state index contributed by atoms with van der Waals surface area (Å²) in [5.74, 6) is 0.0614. The Balaban J connectivity index is 2.63. The first-order valence-electron chi connectivity index (χ1n) is 5.63. The molecule has 1 amide bonds. The van der Waals surface area contributed by atoms with E-state index in [4.69, 9.17) is 38.4 Å². The standard InChI is InChI=1S/C12H16Cl2N2O3/c1-7(12(17)16-3-4-18-2)19-11-6-9(14)8(13)5-10(11)15/h5-7H,3-4,15H2,1-2H3,(H,16,17). The zero-order valence-electron chi connectivity index (χ0n) is 10.7. The Morgan fingerprint density at radius 3 is 2.68 bits per heavy atom. The fourth-order valence-corrected chi connectivity index (χ4v) is 1.64. The van der Waals surface area contributed by atoms with Crippen molar-refractivity contribution in [2.75, 3.05) is 26.0 Å². The Bertz CT molecular complexity index is 455. The molecule has 0 aliphatic heterocycles. The number of benzene rings is 1. The van der Waals surface area contributed by atoms with Crippen molar-refractivity contribution in [3.05, 3.63) is 22.2 Å². The number of halogens is 2. The Hall–Kier alpha value is -1.17. The summed E-state index contributed by atoms with van der Waals surface area (Å²) in [5, 5.41) is 3.31. The lowest BCUT2D eigenvalue weighted by molar-refractivity contribution is -0.127. The van der Waals surface area contributed by atoms with Crippen LogP contribution in [0, 0.1) is 0 Å². The minimum atomic E-state index is -0.698. The lowest BCUT2D eigenvalue weighted by atomic mass is 10.3. The molecule has 0 saturated heterocycles. The predicted octanol–water partition coefficient (Wildman–Crippen LogP) is 2.11. The molecule has 0 aliphatic carbocycles. The monoisotopic (exact) mass is 306 g/mol. The van der Waals surface area contributed by atoms with Crippen molar-refractivity contribution in [1.82, 2.24) is 5.32 Å². The molecular formula is C12H16Cl2N2O3. The van der Waals surface area contributed by atoms with Gasteiger partial charge in [0.15, 0.2) is 6.10 Å². The summed E-state index contributed by atoms with van der Waals surface area (Å²) >= 11 is 11.7. The van der Waals surface area contributed by atoms with Gasteiger partial charge in [0.1, 0.15) is 5.75 Å². The van der Waals surface area contributed by atoms with Crippen LogP contribution >= 0.6 is 23.2 Å². The maximum Gasteiger partial charge on any atom is 0.260 e. The van der Waals surface area contributed by atoms with Gasteiger partial charge in [-0.15, -0.1) is 0 Å². The molecule has 1 aromatic rings. The van der Waals surface area contributed by atoms with Crippen molar-refractivity contribution in [1.29, 1.82) is 0 Å². The zero-order valence-corrected chi connectivity index (χ0v) is 12.2. The van der Waals surface area contributed by atoms with Gasteiger partial charge in [0, 0.05) is 19.7 Å². The van der Waals surface area contributed by atoms with Gasteiger partial charge >= 0.3 is 0 Å². The Morgan fingerprint density at radius 2 is 2.05 bits per heavy atom. The minimum absolute atomic E-state index is 0.262. The van der Waals surface area contributed by atoms with Crippen molar-refractivity contribution < 1.29 is 14.3 Å². The highest BCUT2D eigenvalue weighted by molar-refractivity contribution is 6.42. The Kier molecular flexibility index (Phi) is 6.21. The van der Waals surface area contributed by atoms with E-state index in [-0.39, 0.29) is 5.91 Å². The molecule has 0 aliphatic rings. The van der Waals surface area contributed by atoms with E-state index in [2.05, 4.69) is 5.32 Å². The first kappa shape index (κ1) is 15.9. The fraction of sp³-hybridized carbons (Fsp3) is 0.417. The summed E-state index contributed by atoms with van der Waals surface area (Å²) in [6.45, 7) is 2.47. The summed E-state index contributed by atoms with van der Waals surface area (Å²) in [6.07, 6.45) is -0.698. The molecule has 1 aromatic carbocycles. The largest absolute Gasteiger partial charge is 0.479 e. The molecule has 5 nitrogen and oxygen atoms in total. The summed E-state index contributed by atoms with van der Waals surface area (Å²) in [7, 11) is 1.56. The molecule has 0 radical (unpaired) electrons. The number of rotatable bonds is 6. The SMILES string of the molecule is COCCNC(=O)C(C)Oc1cc(Cl)c(Cl)cc1N. The summed E-state index contributed by atoms with van der Waals surface area (Å²) in [4.78, 5) is 11.7. The van der Waals surface area contributed by atoms with Crippen molar-refractivity contribution >= 4 is 34.8 Å². The number of carbonyl (C=O) groups excluding carboxylic acids is 1. The maximum atomic E-state index is 11.7. The third kappa shape index (κ3) is 4.78. The first-order chi connectivity index (χ1) is 8.95. The first-order valence-corrected chi connectivity index (χ1v) is 6.39. The maximum absolute atomic E-state index is 11.7. The second-order valence-electron chi connectivity index (χ2n) is 3.85. The van der Waals surface area contributed by atoms with Gasteiger partial charge in [0.05, 0.1) is 22.3 Å². The van der Waals surface area contributed by atoms with Gasteiger partial charge in [-0.25, -0.2) is 0 Å². The van der Waals surface area contributed by atoms with E-state index in [9.17, 15) is 4.79 Å². The highest BCUT2D eigenvalue weighted by Gasteiger charge is 2.16. The molecule has 3 N–H and O–H groups in total. The van der Waals surface area contributed by atoms with Crippen LogP contribution in [0.1, 0.15) is 6.92 Å². The highest BCUT2D eigenvalue weighted by Crippen LogP contribution is 2.32. The van der Waals surface area contributed by atoms with Crippen LogP contribution in [0.3, 0.4) is 0 Å². The summed E-state index contributed by atoms with van der Waals surface area (Å²) < 4.78 is 10.3. The molecule has 1 atom stereocenters. The number of nitrogens with two attached hydrogens (primary N) is 1. The van der Waals surface area contributed by atoms with Crippen molar-refractivity contribution in [3.63, 3.8) is 0 Å². The lowest BCUT2D eigenvalue weighted by Gasteiger charge is -2.16. The zero-order chi connectivity index (χ0) is 14.4. The van der Waals surface area contributed by atoms with Gasteiger partial charge in [-0.3, -0.25) is 4.79 Å². The van der Waals surface area contributed by atoms with E-state index >= 15 is 0 Å². The number of anilines is 1. The van der Waals surface area contributed by atoms with Crippen molar-refractivity contribution in [3.8, 4) is 5.75 Å². The molecule has 106 valence electrons. The second-order valence-corrected chi connectivity index (χ2v) is 4.66. The molecule has 0 heterocycles. The topological polar surface area (TPSA) is 73.6 Å². The minimum Gasteiger partial charge on any atom is -0.479 e. The van der Waals surface area contributed by atoms with E-state index in [0.717, 1.165) is 0 Å². The molecule has 1 unspecified atom stereocenters. The van der Waals surface area contributed by atoms with Crippen LogP contribution in [-0.2, 0) is 9.53 Å². The molecule has 19 heavy (non-hydrogen) atoms. The number of nitrogen functional groups attached to an aromatic ring is 1. The Morgan fingerprint density at radius 1 is 1.42 bits per heavy atom. The van der Waals surface area contributed by atoms with Crippen LogP contribution in [-0.4, -0.2) is 32.3 Å². The van der Waals surface area contributed by atoms with Gasteiger partial charge in [0.25, 0.3) is 5.91 Å². The normalized spacial score (nSPS) is 12.0. The molecule has 0 aromatic heterocycles. The van der Waals surface area contributed by atoms with Crippen LogP contribution < -0.4 is 15.8 Å². The van der Waals surface area contributed by atoms with E-state index in [0.29, 0.717) is 34.6 Å². The van der Waals surface area contributed by atoms with Gasteiger partial charge in [-0.05, 0) is 13.0 Å². The van der Waals surface area contributed by atoms with Crippen LogP contribution in [0.4, 0.5) is 5.69 Å². The number of amides is 1. The third-order valence-corrected chi connectivity index (χ3v) is 3.05. The molecular weight excluding hydrogens is 291 g/mol. The van der Waals surface area contributed by atoms with Gasteiger partial charge in [-0.1, -0.05) is 23.2 Å². The fourth-order valence-electron chi connectivity index (χ4n) is 1.31. The molecule has 0 fully saturated rings. The molecule has 0 bridgehead atoms. The van der Waals surface area contributed by atoms with E-state index < -0.39 is 6.10 Å². The summed E-state index contributed by atoms with van der Waals surface area (Å²) in [6, 6.07) is 2.97. The van der Waals surface area contributed by atoms with Crippen LogP contribution in [0.15, 0.2) is 12.1 Å². The number of hydrogen-bond acceptors (Lipinski definition) is 4. The van der Waals surface area contributed by atoms with Crippen LogP contribution in [0.25, 0.3) is 0 Å². The number of hydrogen-bond donors (Lipinski definition) is 2. The number of ether oxygens (including phenoxy) is 2. The summed E-state index contributed by atoms with van der Waals surface area (Å²) in [5.41, 5.74) is 6.07. The molecule has 0 saturated carbocycles. The molecule has 0 spiro atoms. The van der Waals surface area contributed by atoms with E-state index in [1.165, 1.54) is 12.1 Å². The van der Waals surface area contributed by atoms with Gasteiger partial charge < -0.3 is 20.5 Å². The third-order valence-electron chi connectivity index (χ3n) is 2.33. The quantitative estimate of drug-likeness (QED) is 0.623. The molecule has 7 heteroatoms. The lowest BCUT2D eigenvalue weighted by Crippen LogP contribution is -2.38. The second kappa shape index (κ2) is 7.43. The Labute approximate surface area is 122 Å². The van der Waals surface area contributed by atoms with Crippen molar-refractivity contribution in [2.24, 2.45) is 0 Å².